The maximum Gasteiger partial charge on any atom is 0.222 e. The molecule has 0 unspecified atom stereocenters. The SMILES string of the molecule is COc1cnc(NCC(C)(C)O)nc1. The summed E-state index contributed by atoms with van der Waals surface area (Å²) in [5.41, 5.74) is -0.775. The molecule has 14 heavy (non-hydrogen) atoms. The number of nitrogens with one attached hydrogen (secondary N) is 1. The van der Waals surface area contributed by atoms with Gasteiger partial charge >= 0.3 is 0 Å². The Kier molecular flexibility index (Phi) is 3.24. The number of aromatic nitrogens is 2. The lowest BCUT2D eigenvalue weighted by molar-refractivity contribution is 0.0943. The Balaban J connectivity index is 2.52. The molecule has 0 saturated carbocycles. The van der Waals surface area contributed by atoms with E-state index in [0.29, 0.717) is 18.2 Å². The van der Waals surface area contributed by atoms with Crippen LogP contribution in [0.25, 0.3) is 0 Å². The number of nitrogens with zero attached hydrogens (tertiary/aromatic N) is 2. The molecule has 0 atom stereocenters. The van der Waals surface area contributed by atoms with Crippen LogP contribution in [0.2, 0.25) is 0 Å². The van der Waals surface area contributed by atoms with Gasteiger partial charge in [0.05, 0.1) is 25.1 Å². The minimum Gasteiger partial charge on any atom is -0.494 e. The smallest absolute Gasteiger partial charge is 0.222 e. The summed E-state index contributed by atoms with van der Waals surface area (Å²) in [6, 6.07) is 0. The highest BCUT2D eigenvalue weighted by molar-refractivity contribution is 5.27. The quantitative estimate of drug-likeness (QED) is 0.742. The zero-order chi connectivity index (χ0) is 10.6. The fourth-order valence-electron chi connectivity index (χ4n) is 0.808. The second kappa shape index (κ2) is 4.23. The minimum atomic E-state index is -0.775. The first-order chi connectivity index (χ1) is 6.51. The summed E-state index contributed by atoms with van der Waals surface area (Å²) >= 11 is 0. The molecule has 0 fully saturated rings. The molecule has 1 aromatic rings. The fraction of sp³-hybridized carbons (Fsp3) is 0.556. The van der Waals surface area contributed by atoms with Crippen molar-refractivity contribution in [3.63, 3.8) is 0 Å². The number of rotatable bonds is 4. The number of hydrogen-bond donors (Lipinski definition) is 2. The Morgan fingerprint density at radius 2 is 2.00 bits per heavy atom. The van der Waals surface area contributed by atoms with E-state index in [1.165, 1.54) is 0 Å². The van der Waals surface area contributed by atoms with Gasteiger partial charge in [0.25, 0.3) is 0 Å². The van der Waals surface area contributed by atoms with Crippen LogP contribution in [0.5, 0.6) is 5.75 Å². The van der Waals surface area contributed by atoms with Crippen molar-refractivity contribution in [1.82, 2.24) is 9.97 Å². The highest BCUT2D eigenvalue weighted by Gasteiger charge is 2.12. The number of anilines is 1. The normalized spacial score (nSPS) is 11.1. The van der Waals surface area contributed by atoms with Crippen molar-refractivity contribution in [2.75, 3.05) is 19.0 Å². The van der Waals surface area contributed by atoms with Crippen LogP contribution in [-0.2, 0) is 0 Å². The molecule has 78 valence electrons. The van der Waals surface area contributed by atoms with Crippen LogP contribution in [0.3, 0.4) is 0 Å². The second-order valence-electron chi connectivity index (χ2n) is 3.61. The van der Waals surface area contributed by atoms with Crippen molar-refractivity contribution in [3.8, 4) is 5.75 Å². The van der Waals surface area contributed by atoms with E-state index >= 15 is 0 Å². The van der Waals surface area contributed by atoms with Gasteiger partial charge in [-0.2, -0.15) is 0 Å². The van der Waals surface area contributed by atoms with Crippen LogP contribution < -0.4 is 10.1 Å². The maximum atomic E-state index is 9.44. The summed E-state index contributed by atoms with van der Waals surface area (Å²) in [4.78, 5) is 7.99. The van der Waals surface area contributed by atoms with Crippen molar-refractivity contribution >= 4 is 5.95 Å². The van der Waals surface area contributed by atoms with Gasteiger partial charge in [-0.15, -0.1) is 0 Å². The van der Waals surface area contributed by atoms with E-state index in [-0.39, 0.29) is 0 Å². The fourth-order valence-corrected chi connectivity index (χ4v) is 0.808. The molecule has 2 N–H and O–H groups in total. The topological polar surface area (TPSA) is 67.3 Å². The summed E-state index contributed by atoms with van der Waals surface area (Å²) < 4.78 is 4.91. The average molecular weight is 197 g/mol. The molecule has 0 aliphatic rings. The summed E-state index contributed by atoms with van der Waals surface area (Å²) in [6.45, 7) is 3.83. The van der Waals surface area contributed by atoms with Gasteiger partial charge in [0.1, 0.15) is 0 Å². The van der Waals surface area contributed by atoms with Gasteiger partial charge in [-0.3, -0.25) is 0 Å². The number of aliphatic hydroxyl groups is 1. The van der Waals surface area contributed by atoms with Crippen molar-refractivity contribution in [3.05, 3.63) is 12.4 Å². The summed E-state index contributed by atoms with van der Waals surface area (Å²) in [5, 5.41) is 12.3. The highest BCUT2D eigenvalue weighted by Crippen LogP contribution is 2.08. The van der Waals surface area contributed by atoms with Crippen LogP contribution in [0.4, 0.5) is 5.95 Å². The lowest BCUT2D eigenvalue weighted by Gasteiger charge is -2.17. The monoisotopic (exact) mass is 197 g/mol. The second-order valence-corrected chi connectivity index (χ2v) is 3.61. The molecule has 5 heteroatoms. The van der Waals surface area contributed by atoms with Crippen LogP contribution >= 0.6 is 0 Å². The van der Waals surface area contributed by atoms with Gasteiger partial charge in [-0.05, 0) is 13.8 Å². The predicted octanol–water partition coefficient (Wildman–Crippen LogP) is 0.668. The van der Waals surface area contributed by atoms with Crippen molar-refractivity contribution < 1.29 is 9.84 Å². The first-order valence-electron chi connectivity index (χ1n) is 4.33. The third-order valence-electron chi connectivity index (χ3n) is 1.54. The van der Waals surface area contributed by atoms with E-state index in [1.54, 1.807) is 33.4 Å². The molecule has 1 heterocycles. The maximum absolute atomic E-state index is 9.44. The van der Waals surface area contributed by atoms with Crippen molar-refractivity contribution in [2.24, 2.45) is 0 Å². The Morgan fingerprint density at radius 3 is 2.43 bits per heavy atom. The number of ether oxygens (including phenoxy) is 1. The molecule has 1 aromatic heterocycles. The van der Waals surface area contributed by atoms with Gasteiger partial charge in [0, 0.05) is 6.54 Å². The molecular formula is C9H15N3O2. The zero-order valence-electron chi connectivity index (χ0n) is 8.61. The van der Waals surface area contributed by atoms with Crippen molar-refractivity contribution in [1.29, 1.82) is 0 Å². The molecule has 0 aliphatic carbocycles. The Morgan fingerprint density at radius 1 is 1.43 bits per heavy atom. The molecule has 1 rings (SSSR count). The summed E-state index contributed by atoms with van der Waals surface area (Å²) in [5.74, 6) is 1.09. The molecule has 5 nitrogen and oxygen atoms in total. The molecular weight excluding hydrogens is 182 g/mol. The van der Waals surface area contributed by atoms with E-state index in [9.17, 15) is 5.11 Å². The first kappa shape index (κ1) is 10.7. The third kappa shape index (κ3) is 3.57. The van der Waals surface area contributed by atoms with Crippen LogP contribution in [-0.4, -0.2) is 34.3 Å². The largest absolute Gasteiger partial charge is 0.494 e. The van der Waals surface area contributed by atoms with E-state index in [0.717, 1.165) is 0 Å². The molecule has 0 aromatic carbocycles. The Bertz CT molecular complexity index is 279. The van der Waals surface area contributed by atoms with Gasteiger partial charge in [0.15, 0.2) is 5.75 Å². The molecule has 0 aliphatic heterocycles. The van der Waals surface area contributed by atoms with E-state index < -0.39 is 5.60 Å². The van der Waals surface area contributed by atoms with E-state index in [2.05, 4.69) is 15.3 Å². The van der Waals surface area contributed by atoms with Gasteiger partial charge in [-0.25, -0.2) is 9.97 Å². The Hall–Kier alpha value is -1.36. The molecule has 0 radical (unpaired) electrons. The van der Waals surface area contributed by atoms with Gasteiger partial charge in [-0.1, -0.05) is 0 Å². The van der Waals surface area contributed by atoms with E-state index in [4.69, 9.17) is 4.74 Å². The first-order valence-corrected chi connectivity index (χ1v) is 4.33. The summed E-state index contributed by atoms with van der Waals surface area (Å²) in [6.07, 6.45) is 3.14. The highest BCUT2D eigenvalue weighted by atomic mass is 16.5. The van der Waals surface area contributed by atoms with Gasteiger partial charge < -0.3 is 15.2 Å². The zero-order valence-corrected chi connectivity index (χ0v) is 8.61. The minimum absolute atomic E-state index is 0.402. The standard InChI is InChI=1S/C9H15N3O2/c1-9(2,13)6-12-8-10-4-7(14-3)5-11-8/h4-5,13H,6H2,1-3H3,(H,10,11,12). The molecule has 0 bridgehead atoms. The van der Waals surface area contributed by atoms with Crippen molar-refractivity contribution in [2.45, 2.75) is 19.4 Å². The molecule has 0 spiro atoms. The average Bonchev–Trinajstić information content (AvgIpc) is 2.14. The lowest BCUT2D eigenvalue weighted by atomic mass is 10.1. The lowest BCUT2D eigenvalue weighted by Crippen LogP contribution is -2.29. The number of methoxy groups -OCH3 is 1. The van der Waals surface area contributed by atoms with E-state index in [1.807, 2.05) is 0 Å². The van der Waals surface area contributed by atoms with Crippen LogP contribution in [0.1, 0.15) is 13.8 Å². The molecule has 0 amide bonds. The third-order valence-corrected chi connectivity index (χ3v) is 1.54. The molecule has 0 saturated heterocycles. The van der Waals surface area contributed by atoms with Crippen LogP contribution in [0.15, 0.2) is 12.4 Å². The Labute approximate surface area is 83.2 Å². The summed E-state index contributed by atoms with van der Waals surface area (Å²) in [7, 11) is 1.56. The van der Waals surface area contributed by atoms with Crippen LogP contribution in [0, 0.1) is 0 Å². The number of hydrogen-bond acceptors (Lipinski definition) is 5. The van der Waals surface area contributed by atoms with Gasteiger partial charge in [0.2, 0.25) is 5.95 Å². The predicted molar refractivity (Wildman–Crippen MR) is 53.4 cm³/mol.